The summed E-state index contributed by atoms with van der Waals surface area (Å²) in [5, 5.41) is 0. The van der Waals surface area contributed by atoms with E-state index in [1.165, 1.54) is 21.3 Å². The zero-order valence-corrected chi connectivity index (χ0v) is 24.7. The molecule has 0 bridgehead atoms. The van der Waals surface area contributed by atoms with Crippen LogP contribution in [0.25, 0.3) is 0 Å². The Balaban J connectivity index is 2.23. The summed E-state index contributed by atoms with van der Waals surface area (Å²) in [5.41, 5.74) is -0.979. The first-order valence-electron chi connectivity index (χ1n) is 13.0. The fourth-order valence-electron chi connectivity index (χ4n) is 4.61. The maximum absolute atomic E-state index is 14.5. The van der Waals surface area contributed by atoms with Crippen LogP contribution in [0.3, 0.4) is 0 Å². The second kappa shape index (κ2) is 15.1. The van der Waals surface area contributed by atoms with E-state index in [2.05, 4.69) is 6.92 Å². The highest BCUT2D eigenvalue weighted by atomic mass is 28.2. The quantitative estimate of drug-likeness (QED) is 0.125. The van der Waals surface area contributed by atoms with Gasteiger partial charge in [0.05, 0.1) is 17.8 Å². The van der Waals surface area contributed by atoms with Crippen LogP contribution in [-0.4, -0.2) is 81.2 Å². The number of hydrogen-bond acceptors (Lipinski definition) is 10. The monoisotopic (exact) mass is 564 g/mol. The molecule has 1 aliphatic carbocycles. The second-order valence-electron chi connectivity index (χ2n) is 9.61. The van der Waals surface area contributed by atoms with Gasteiger partial charge in [-0.2, -0.15) is 0 Å². The van der Waals surface area contributed by atoms with Crippen LogP contribution in [0.4, 0.5) is 0 Å². The fraction of sp³-hybridized carbons (Fsp3) is 0.607. The van der Waals surface area contributed by atoms with Crippen molar-refractivity contribution in [2.45, 2.75) is 57.0 Å². The minimum Gasteiger partial charge on any atom is -0.471 e. The van der Waals surface area contributed by atoms with Crippen molar-refractivity contribution in [1.82, 2.24) is 0 Å². The van der Waals surface area contributed by atoms with Gasteiger partial charge in [-0.25, -0.2) is 9.78 Å². The molecule has 1 saturated heterocycles. The summed E-state index contributed by atoms with van der Waals surface area (Å²) < 4.78 is 40.3. The molecule has 2 aliphatic rings. The Hall–Kier alpha value is -2.09. The lowest BCUT2D eigenvalue weighted by Crippen LogP contribution is -2.57. The molecule has 1 fully saturated rings. The normalized spacial score (nSPS) is 23.6. The summed E-state index contributed by atoms with van der Waals surface area (Å²) >= 11 is 0. The van der Waals surface area contributed by atoms with Gasteiger partial charge in [0.1, 0.15) is 35.9 Å². The van der Waals surface area contributed by atoms with Crippen LogP contribution in [0.1, 0.15) is 44.0 Å². The number of benzene rings is 1. The number of para-hydroxylation sites is 1. The van der Waals surface area contributed by atoms with E-state index in [1.807, 2.05) is 26.0 Å². The fourth-order valence-corrected chi connectivity index (χ4v) is 5.23. The minimum absolute atomic E-state index is 0.0174. The van der Waals surface area contributed by atoms with E-state index in [9.17, 15) is 4.79 Å². The second-order valence-corrected chi connectivity index (χ2v) is 10.8. The molecule has 0 aromatic heterocycles. The van der Waals surface area contributed by atoms with Crippen LogP contribution in [0.2, 0.25) is 6.04 Å². The van der Waals surface area contributed by atoms with Gasteiger partial charge < -0.3 is 32.8 Å². The summed E-state index contributed by atoms with van der Waals surface area (Å²) in [6.07, 6.45) is 4.38. The van der Waals surface area contributed by atoms with Gasteiger partial charge in [0.2, 0.25) is 9.76 Å². The van der Waals surface area contributed by atoms with Crippen molar-refractivity contribution >= 4 is 15.5 Å². The Morgan fingerprint density at radius 3 is 2.46 bits per heavy atom. The van der Waals surface area contributed by atoms with E-state index in [4.69, 9.17) is 42.6 Å². The van der Waals surface area contributed by atoms with Crippen LogP contribution >= 0.6 is 0 Å². The van der Waals surface area contributed by atoms with Crippen molar-refractivity contribution < 1.29 is 47.4 Å². The third-order valence-electron chi connectivity index (χ3n) is 6.48. The molecule has 3 unspecified atom stereocenters. The highest BCUT2D eigenvalue weighted by Crippen LogP contribution is 2.46. The van der Waals surface area contributed by atoms with Crippen LogP contribution in [0, 0.1) is 5.92 Å². The SMILES string of the molecule is CC[Si]OC(C)(C)C1=CC(OCOC)(C2CCCOO2)C(C(=O)c2ccccc2OCOC)C(OCOC)=C1. The van der Waals surface area contributed by atoms with Gasteiger partial charge in [-0.05, 0) is 62.6 Å². The number of hydrogen-bond donors (Lipinski definition) is 0. The van der Waals surface area contributed by atoms with E-state index < -0.39 is 23.2 Å². The number of ether oxygens (including phenoxy) is 6. The number of rotatable bonds is 16. The Bertz CT molecular complexity index is 988. The van der Waals surface area contributed by atoms with Crippen LogP contribution in [0.5, 0.6) is 5.75 Å². The average Bonchev–Trinajstić information content (AvgIpc) is 2.96. The number of ketones is 1. The molecule has 10 nitrogen and oxygen atoms in total. The number of methoxy groups -OCH3 is 3. The highest BCUT2D eigenvalue weighted by Gasteiger charge is 2.56. The lowest BCUT2D eigenvalue weighted by atomic mass is 9.70. The van der Waals surface area contributed by atoms with Crippen molar-refractivity contribution in [3.05, 3.63) is 53.3 Å². The number of carbonyl (C=O) groups is 1. The minimum atomic E-state index is -1.37. The van der Waals surface area contributed by atoms with Gasteiger partial charge in [-0.15, -0.1) is 0 Å². The molecule has 1 heterocycles. The molecule has 0 amide bonds. The average molecular weight is 565 g/mol. The van der Waals surface area contributed by atoms with Crippen molar-refractivity contribution in [1.29, 1.82) is 0 Å². The third-order valence-corrected chi connectivity index (χ3v) is 7.42. The molecule has 0 N–H and O–H groups in total. The Morgan fingerprint density at radius 1 is 1.08 bits per heavy atom. The van der Waals surface area contributed by atoms with Gasteiger partial charge in [0.15, 0.2) is 19.4 Å². The molecular weight excluding hydrogens is 524 g/mol. The van der Waals surface area contributed by atoms with Crippen LogP contribution < -0.4 is 4.74 Å². The first-order chi connectivity index (χ1) is 18.8. The summed E-state index contributed by atoms with van der Waals surface area (Å²) in [6.45, 7) is 6.24. The zero-order chi connectivity index (χ0) is 28.3. The smallest absolute Gasteiger partial charge is 0.230 e. The summed E-state index contributed by atoms with van der Waals surface area (Å²) in [4.78, 5) is 25.8. The molecule has 11 heteroatoms. The zero-order valence-electron chi connectivity index (χ0n) is 23.7. The van der Waals surface area contributed by atoms with Crippen molar-refractivity contribution in [3.63, 3.8) is 0 Å². The van der Waals surface area contributed by atoms with Crippen molar-refractivity contribution in [2.75, 3.05) is 48.3 Å². The van der Waals surface area contributed by atoms with E-state index >= 15 is 0 Å². The summed E-state index contributed by atoms with van der Waals surface area (Å²) in [7, 11) is 4.85. The first-order valence-corrected chi connectivity index (χ1v) is 14.1. The standard InChI is InChI=1S/C28H40O10Si/c1-7-39-38-27(2,3)20-15-23(34-18-31-5)25(26(29)21-11-8-9-12-22(21)33-17-30-4)28(16-20,35-19-32-6)24-13-10-14-36-37-24/h8-9,11-12,15-16,24-25H,7,10,13-14,17-19H2,1-6H3. The molecule has 3 atom stereocenters. The maximum atomic E-state index is 14.5. The molecule has 0 saturated carbocycles. The molecule has 1 aromatic rings. The Morgan fingerprint density at radius 2 is 1.79 bits per heavy atom. The van der Waals surface area contributed by atoms with E-state index in [0.717, 1.165) is 18.0 Å². The maximum Gasteiger partial charge on any atom is 0.230 e. The van der Waals surface area contributed by atoms with Crippen molar-refractivity contribution in [3.8, 4) is 5.75 Å². The van der Waals surface area contributed by atoms with Crippen molar-refractivity contribution in [2.24, 2.45) is 5.92 Å². The highest BCUT2D eigenvalue weighted by molar-refractivity contribution is 6.27. The van der Waals surface area contributed by atoms with Gasteiger partial charge in [0, 0.05) is 21.3 Å². The molecule has 216 valence electrons. The predicted octanol–water partition coefficient (Wildman–Crippen LogP) is 4.24. The summed E-state index contributed by atoms with van der Waals surface area (Å²) in [5.74, 6) is -0.559. The summed E-state index contributed by atoms with van der Waals surface area (Å²) in [6, 6.07) is 7.86. The topological polar surface area (TPSA) is 100 Å². The van der Waals surface area contributed by atoms with E-state index in [-0.39, 0.29) is 35.9 Å². The molecule has 2 radical (unpaired) electrons. The van der Waals surface area contributed by atoms with Crippen LogP contribution in [-0.2, 0) is 37.9 Å². The van der Waals surface area contributed by atoms with Gasteiger partial charge in [-0.3, -0.25) is 4.79 Å². The molecule has 1 aromatic carbocycles. The number of Topliss-reactive ketones (excluding diaryl/α,β-unsaturated/α-hetero) is 1. The molecule has 0 spiro atoms. The van der Waals surface area contributed by atoms with Gasteiger partial charge in [-0.1, -0.05) is 19.1 Å². The number of carbonyl (C=O) groups excluding carboxylic acids is 1. The predicted molar refractivity (Wildman–Crippen MR) is 143 cm³/mol. The van der Waals surface area contributed by atoms with Gasteiger partial charge in [0.25, 0.3) is 0 Å². The van der Waals surface area contributed by atoms with E-state index in [0.29, 0.717) is 30.1 Å². The Labute approximate surface area is 233 Å². The Kier molecular flexibility index (Phi) is 12.1. The first kappa shape index (κ1) is 31.4. The van der Waals surface area contributed by atoms with Gasteiger partial charge >= 0.3 is 0 Å². The largest absolute Gasteiger partial charge is 0.471 e. The lowest BCUT2D eigenvalue weighted by molar-refractivity contribution is -0.376. The van der Waals surface area contributed by atoms with E-state index in [1.54, 1.807) is 24.3 Å². The molecule has 39 heavy (non-hydrogen) atoms. The van der Waals surface area contributed by atoms with Crippen LogP contribution in [0.15, 0.2) is 47.7 Å². The molecule has 1 aliphatic heterocycles. The third kappa shape index (κ3) is 7.56. The molecular formula is C28H40O10Si. The molecule has 3 rings (SSSR count). The lowest BCUT2D eigenvalue weighted by Gasteiger charge is -2.47.